The van der Waals surface area contributed by atoms with E-state index in [1.165, 1.54) is 10.7 Å². The minimum Gasteiger partial charge on any atom is -0.344 e. The van der Waals surface area contributed by atoms with E-state index in [1.807, 2.05) is 6.92 Å². The Balaban J connectivity index is 1.70. The number of benzene rings is 1. The van der Waals surface area contributed by atoms with Crippen LogP contribution in [0.3, 0.4) is 0 Å². The van der Waals surface area contributed by atoms with E-state index in [-0.39, 0.29) is 17.8 Å². The van der Waals surface area contributed by atoms with E-state index in [9.17, 15) is 9.18 Å². The number of aromatic amines is 1. The van der Waals surface area contributed by atoms with Gasteiger partial charge < -0.3 is 5.32 Å². The molecule has 1 atom stereocenters. The number of halogens is 1. The zero-order valence-corrected chi connectivity index (χ0v) is 14.2. The summed E-state index contributed by atoms with van der Waals surface area (Å²) in [7, 11) is 0. The highest BCUT2D eigenvalue weighted by molar-refractivity contribution is 5.92. The third-order valence-corrected chi connectivity index (χ3v) is 3.93. The van der Waals surface area contributed by atoms with Gasteiger partial charge in [-0.1, -0.05) is 25.5 Å². The number of amides is 1. The van der Waals surface area contributed by atoms with E-state index in [4.69, 9.17) is 0 Å². The number of aromatic nitrogens is 4. The van der Waals surface area contributed by atoms with Crippen LogP contribution in [0.4, 0.5) is 4.39 Å². The van der Waals surface area contributed by atoms with Crippen LogP contribution in [0.2, 0.25) is 0 Å². The summed E-state index contributed by atoms with van der Waals surface area (Å²) in [5, 5.41) is 14.0. The molecule has 1 amide bonds. The third kappa shape index (κ3) is 3.76. The molecule has 0 unspecified atom stereocenters. The third-order valence-electron chi connectivity index (χ3n) is 3.93. The van der Waals surface area contributed by atoms with Crippen molar-refractivity contribution in [1.29, 1.82) is 0 Å². The summed E-state index contributed by atoms with van der Waals surface area (Å²) < 4.78 is 15.3. The van der Waals surface area contributed by atoms with Crippen molar-refractivity contribution in [2.24, 2.45) is 0 Å². The average molecular weight is 341 g/mol. The van der Waals surface area contributed by atoms with Gasteiger partial charge in [-0.05, 0) is 31.5 Å². The minimum absolute atomic E-state index is 0.259. The van der Waals surface area contributed by atoms with Crippen molar-refractivity contribution in [3.8, 4) is 5.69 Å². The Bertz CT molecular complexity index is 870. The first-order valence-electron chi connectivity index (χ1n) is 8.23. The molecule has 3 aromatic rings. The first-order valence-corrected chi connectivity index (χ1v) is 8.23. The van der Waals surface area contributed by atoms with Crippen LogP contribution in [-0.2, 0) is 6.42 Å². The molecule has 3 rings (SSSR count). The minimum atomic E-state index is -0.353. The Kier molecular flexibility index (Phi) is 4.92. The Morgan fingerprint density at radius 3 is 2.96 bits per heavy atom. The standard InChI is InChI=1S/C18H20FN5O/c1-3-6-14-9-16(23-22-14)18(25)21-12(2)13-10-20-24(11-13)17-8-5-4-7-15(17)19/h4-5,7-12H,3,6H2,1-2H3,(H,21,25)(H,22,23)/t12-/m1/s1. The lowest BCUT2D eigenvalue weighted by atomic mass is 10.2. The summed E-state index contributed by atoms with van der Waals surface area (Å²) in [6.07, 6.45) is 5.15. The predicted molar refractivity (Wildman–Crippen MR) is 92.0 cm³/mol. The van der Waals surface area contributed by atoms with Gasteiger partial charge in [0.1, 0.15) is 17.2 Å². The molecule has 0 aliphatic rings. The van der Waals surface area contributed by atoms with Crippen molar-refractivity contribution in [3.05, 3.63) is 65.5 Å². The number of rotatable bonds is 6. The molecule has 7 heteroatoms. The van der Waals surface area contributed by atoms with Gasteiger partial charge >= 0.3 is 0 Å². The van der Waals surface area contributed by atoms with Crippen LogP contribution in [-0.4, -0.2) is 25.9 Å². The van der Waals surface area contributed by atoms with Gasteiger partial charge in [-0.15, -0.1) is 0 Å². The maximum Gasteiger partial charge on any atom is 0.272 e. The lowest BCUT2D eigenvalue weighted by Crippen LogP contribution is -2.26. The van der Waals surface area contributed by atoms with Crippen LogP contribution in [0.1, 0.15) is 48.1 Å². The van der Waals surface area contributed by atoms with Crippen LogP contribution in [0.25, 0.3) is 5.69 Å². The van der Waals surface area contributed by atoms with Crippen molar-refractivity contribution < 1.29 is 9.18 Å². The Labute approximate surface area is 145 Å². The second-order valence-electron chi connectivity index (χ2n) is 5.89. The molecule has 2 aromatic heterocycles. The number of hydrogen-bond donors (Lipinski definition) is 2. The largest absolute Gasteiger partial charge is 0.344 e. The molecule has 0 saturated carbocycles. The number of carbonyl (C=O) groups excluding carboxylic acids is 1. The van der Waals surface area contributed by atoms with E-state index in [0.29, 0.717) is 11.4 Å². The average Bonchev–Trinajstić information content (AvgIpc) is 3.25. The lowest BCUT2D eigenvalue weighted by Gasteiger charge is -2.10. The van der Waals surface area contributed by atoms with Crippen molar-refractivity contribution >= 4 is 5.91 Å². The summed E-state index contributed by atoms with van der Waals surface area (Å²) in [5.41, 5.74) is 2.44. The van der Waals surface area contributed by atoms with Gasteiger partial charge in [-0.25, -0.2) is 9.07 Å². The summed E-state index contributed by atoms with van der Waals surface area (Å²) in [4.78, 5) is 12.3. The lowest BCUT2D eigenvalue weighted by molar-refractivity contribution is 0.0935. The number of hydrogen-bond acceptors (Lipinski definition) is 3. The highest BCUT2D eigenvalue weighted by Crippen LogP contribution is 2.17. The van der Waals surface area contributed by atoms with Gasteiger partial charge in [0.2, 0.25) is 0 Å². The molecular formula is C18H20FN5O. The summed E-state index contributed by atoms with van der Waals surface area (Å²) in [6, 6.07) is 7.88. The first kappa shape index (κ1) is 16.9. The molecule has 0 radical (unpaired) electrons. The number of aryl methyl sites for hydroxylation is 1. The van der Waals surface area contributed by atoms with Crippen molar-refractivity contribution in [2.45, 2.75) is 32.7 Å². The van der Waals surface area contributed by atoms with E-state index < -0.39 is 0 Å². The number of H-pyrrole nitrogens is 1. The molecule has 0 aliphatic carbocycles. The van der Waals surface area contributed by atoms with Crippen LogP contribution in [0.5, 0.6) is 0 Å². The van der Waals surface area contributed by atoms with Crippen molar-refractivity contribution in [1.82, 2.24) is 25.3 Å². The number of para-hydroxylation sites is 1. The number of nitrogens with one attached hydrogen (secondary N) is 2. The molecule has 2 heterocycles. The predicted octanol–water partition coefficient (Wildman–Crippen LogP) is 3.18. The fraction of sp³-hybridized carbons (Fsp3) is 0.278. The fourth-order valence-corrected chi connectivity index (χ4v) is 2.56. The fourth-order valence-electron chi connectivity index (χ4n) is 2.56. The molecule has 130 valence electrons. The Morgan fingerprint density at radius 2 is 2.20 bits per heavy atom. The molecular weight excluding hydrogens is 321 g/mol. The van der Waals surface area contributed by atoms with Gasteiger partial charge in [-0.3, -0.25) is 9.89 Å². The van der Waals surface area contributed by atoms with E-state index in [0.717, 1.165) is 24.1 Å². The molecule has 2 N–H and O–H groups in total. The molecule has 25 heavy (non-hydrogen) atoms. The zero-order chi connectivity index (χ0) is 17.8. The van der Waals surface area contributed by atoms with Crippen molar-refractivity contribution in [3.63, 3.8) is 0 Å². The number of nitrogens with zero attached hydrogens (tertiary/aromatic N) is 3. The Morgan fingerprint density at radius 1 is 1.40 bits per heavy atom. The quantitative estimate of drug-likeness (QED) is 0.723. The summed E-state index contributed by atoms with van der Waals surface area (Å²) in [6.45, 7) is 3.91. The molecule has 0 spiro atoms. The van der Waals surface area contributed by atoms with E-state index in [2.05, 4.69) is 27.5 Å². The summed E-state index contributed by atoms with van der Waals surface area (Å²) in [5.74, 6) is -0.612. The van der Waals surface area contributed by atoms with Gasteiger partial charge in [0.15, 0.2) is 0 Å². The first-order chi connectivity index (χ1) is 12.1. The van der Waals surface area contributed by atoms with Crippen LogP contribution in [0, 0.1) is 5.82 Å². The molecule has 0 fully saturated rings. The smallest absolute Gasteiger partial charge is 0.272 e. The molecule has 1 aromatic carbocycles. The second kappa shape index (κ2) is 7.29. The van der Waals surface area contributed by atoms with Gasteiger partial charge in [0, 0.05) is 17.5 Å². The van der Waals surface area contributed by atoms with Crippen LogP contribution < -0.4 is 5.32 Å². The van der Waals surface area contributed by atoms with Gasteiger partial charge in [0.25, 0.3) is 5.91 Å². The van der Waals surface area contributed by atoms with Crippen molar-refractivity contribution in [2.75, 3.05) is 0 Å². The monoisotopic (exact) mass is 341 g/mol. The number of carbonyl (C=O) groups is 1. The zero-order valence-electron chi connectivity index (χ0n) is 14.2. The molecule has 6 nitrogen and oxygen atoms in total. The SMILES string of the molecule is CCCc1cc(C(=O)N[C@H](C)c2cnn(-c3ccccc3F)c2)n[nH]1. The van der Waals surface area contributed by atoms with Crippen LogP contribution >= 0.6 is 0 Å². The van der Waals surface area contributed by atoms with Gasteiger partial charge in [-0.2, -0.15) is 10.2 Å². The van der Waals surface area contributed by atoms with E-state index >= 15 is 0 Å². The van der Waals surface area contributed by atoms with Gasteiger partial charge in [0.05, 0.1) is 12.2 Å². The maximum atomic E-state index is 13.8. The van der Waals surface area contributed by atoms with Crippen LogP contribution in [0.15, 0.2) is 42.7 Å². The normalized spacial score (nSPS) is 12.1. The maximum absolute atomic E-state index is 13.8. The topological polar surface area (TPSA) is 75.6 Å². The Hall–Kier alpha value is -2.96. The van der Waals surface area contributed by atoms with E-state index in [1.54, 1.807) is 36.7 Å². The molecule has 0 bridgehead atoms. The highest BCUT2D eigenvalue weighted by atomic mass is 19.1. The molecule has 0 aliphatic heterocycles. The second-order valence-corrected chi connectivity index (χ2v) is 5.89. The molecule has 0 saturated heterocycles. The highest BCUT2D eigenvalue weighted by Gasteiger charge is 2.16. The summed E-state index contributed by atoms with van der Waals surface area (Å²) >= 11 is 0.